The molecule has 80 valence electrons. The predicted octanol–water partition coefficient (Wildman–Crippen LogP) is -0.454. The van der Waals surface area contributed by atoms with Crippen molar-refractivity contribution in [3.05, 3.63) is 6.07 Å². The van der Waals surface area contributed by atoms with Crippen molar-refractivity contribution in [3.8, 4) is 6.19 Å². The Labute approximate surface area is 88.5 Å². The molecule has 1 aromatic rings. The Morgan fingerprint density at radius 1 is 1.40 bits per heavy atom. The summed E-state index contributed by atoms with van der Waals surface area (Å²) in [5.41, 5.74) is 5.57. The van der Waals surface area contributed by atoms with Crippen LogP contribution in [0.15, 0.2) is 6.07 Å². The second-order valence-corrected chi connectivity index (χ2v) is 3.73. The summed E-state index contributed by atoms with van der Waals surface area (Å²) in [4.78, 5) is 4.39. The number of piperazine rings is 1. The standard InChI is InChI=1S/C9H14N6/c1-13-2-4-14(5-3-13)9-6-8(11)12-15(9)7-10/h6H,2-5H2,1H3,(H2,11,12). The maximum absolute atomic E-state index is 8.87. The van der Waals surface area contributed by atoms with Crippen molar-refractivity contribution < 1.29 is 0 Å². The van der Waals surface area contributed by atoms with Crippen LogP contribution in [0.25, 0.3) is 0 Å². The van der Waals surface area contributed by atoms with E-state index in [1.54, 1.807) is 6.07 Å². The summed E-state index contributed by atoms with van der Waals surface area (Å²) >= 11 is 0. The summed E-state index contributed by atoms with van der Waals surface area (Å²) in [5, 5.41) is 12.8. The molecular formula is C9H14N6. The molecule has 6 nitrogen and oxygen atoms in total. The second kappa shape index (κ2) is 3.79. The maximum atomic E-state index is 8.87. The van der Waals surface area contributed by atoms with E-state index in [2.05, 4.69) is 21.9 Å². The summed E-state index contributed by atoms with van der Waals surface area (Å²) in [7, 11) is 2.09. The van der Waals surface area contributed by atoms with Gasteiger partial charge in [0.2, 0.25) is 6.19 Å². The molecule has 2 rings (SSSR count). The van der Waals surface area contributed by atoms with Crippen molar-refractivity contribution in [1.82, 2.24) is 14.7 Å². The van der Waals surface area contributed by atoms with Gasteiger partial charge in [-0.05, 0) is 7.05 Å². The lowest BCUT2D eigenvalue weighted by molar-refractivity contribution is 0.311. The first-order valence-electron chi connectivity index (χ1n) is 4.90. The highest BCUT2D eigenvalue weighted by molar-refractivity contribution is 5.50. The quantitative estimate of drug-likeness (QED) is 0.673. The highest BCUT2D eigenvalue weighted by atomic mass is 15.4. The van der Waals surface area contributed by atoms with Gasteiger partial charge in [-0.3, -0.25) is 0 Å². The summed E-state index contributed by atoms with van der Waals surface area (Å²) in [6, 6.07) is 1.74. The Kier molecular flexibility index (Phi) is 2.47. The molecule has 0 radical (unpaired) electrons. The lowest BCUT2D eigenvalue weighted by atomic mass is 10.3. The van der Waals surface area contributed by atoms with Crippen molar-refractivity contribution in [2.45, 2.75) is 0 Å². The Bertz CT molecular complexity index is 382. The number of nitrogens with zero attached hydrogens (tertiary/aromatic N) is 5. The molecule has 1 aliphatic rings. The molecule has 0 atom stereocenters. The highest BCUT2D eigenvalue weighted by Gasteiger charge is 2.18. The fourth-order valence-electron chi connectivity index (χ4n) is 1.72. The van der Waals surface area contributed by atoms with Crippen LogP contribution in [-0.4, -0.2) is 47.9 Å². The van der Waals surface area contributed by atoms with E-state index in [4.69, 9.17) is 11.0 Å². The molecule has 6 heteroatoms. The van der Waals surface area contributed by atoms with E-state index in [-0.39, 0.29) is 0 Å². The fourth-order valence-corrected chi connectivity index (χ4v) is 1.72. The first-order chi connectivity index (χ1) is 7.20. The molecule has 1 fully saturated rings. The normalized spacial score (nSPS) is 17.7. The Morgan fingerprint density at radius 2 is 2.07 bits per heavy atom. The van der Waals surface area contributed by atoms with Gasteiger partial charge in [-0.2, -0.15) is 5.26 Å². The van der Waals surface area contributed by atoms with Gasteiger partial charge in [-0.25, -0.2) is 0 Å². The monoisotopic (exact) mass is 206 g/mol. The predicted molar refractivity (Wildman–Crippen MR) is 57.4 cm³/mol. The van der Waals surface area contributed by atoms with Gasteiger partial charge in [-0.15, -0.1) is 9.78 Å². The SMILES string of the molecule is CN1CCN(c2cc(N)nn2C#N)CC1. The van der Waals surface area contributed by atoms with Crippen LogP contribution < -0.4 is 10.6 Å². The minimum atomic E-state index is 0.394. The molecular weight excluding hydrogens is 192 g/mol. The average molecular weight is 206 g/mol. The van der Waals surface area contributed by atoms with Gasteiger partial charge in [0.05, 0.1) is 0 Å². The highest BCUT2D eigenvalue weighted by Crippen LogP contribution is 2.18. The van der Waals surface area contributed by atoms with Gasteiger partial charge >= 0.3 is 0 Å². The molecule has 15 heavy (non-hydrogen) atoms. The van der Waals surface area contributed by atoms with E-state index in [0.29, 0.717) is 5.82 Å². The third kappa shape index (κ3) is 1.87. The van der Waals surface area contributed by atoms with E-state index in [9.17, 15) is 0 Å². The van der Waals surface area contributed by atoms with Crippen LogP contribution in [0.1, 0.15) is 0 Å². The minimum absolute atomic E-state index is 0.394. The molecule has 1 aliphatic heterocycles. The third-order valence-electron chi connectivity index (χ3n) is 2.63. The van der Waals surface area contributed by atoms with Crippen molar-refractivity contribution in [2.24, 2.45) is 0 Å². The second-order valence-electron chi connectivity index (χ2n) is 3.73. The number of hydrogen-bond donors (Lipinski definition) is 1. The summed E-state index contributed by atoms with van der Waals surface area (Å²) in [5.74, 6) is 1.19. The first kappa shape index (κ1) is 9.80. The van der Waals surface area contributed by atoms with Gasteiger partial charge in [0.15, 0.2) is 0 Å². The summed E-state index contributed by atoms with van der Waals surface area (Å²) in [6.07, 6.45) is 2.00. The topological polar surface area (TPSA) is 74.1 Å². The van der Waals surface area contributed by atoms with E-state index < -0.39 is 0 Å². The van der Waals surface area contributed by atoms with Gasteiger partial charge in [0, 0.05) is 32.2 Å². The van der Waals surface area contributed by atoms with E-state index >= 15 is 0 Å². The number of hydrogen-bond acceptors (Lipinski definition) is 5. The van der Waals surface area contributed by atoms with E-state index in [0.717, 1.165) is 32.0 Å². The van der Waals surface area contributed by atoms with Crippen LogP contribution in [0.2, 0.25) is 0 Å². The van der Waals surface area contributed by atoms with Crippen LogP contribution in [-0.2, 0) is 0 Å². The summed E-state index contributed by atoms with van der Waals surface area (Å²) in [6.45, 7) is 3.81. The van der Waals surface area contributed by atoms with Gasteiger partial charge in [0.1, 0.15) is 11.6 Å². The number of aromatic nitrogens is 2. The van der Waals surface area contributed by atoms with Crippen LogP contribution in [0, 0.1) is 11.5 Å². The lowest BCUT2D eigenvalue weighted by Crippen LogP contribution is -2.45. The molecule has 0 unspecified atom stereocenters. The zero-order valence-electron chi connectivity index (χ0n) is 8.72. The van der Waals surface area contributed by atoms with Gasteiger partial charge in [0.25, 0.3) is 0 Å². The fraction of sp³-hybridized carbons (Fsp3) is 0.556. The summed E-state index contributed by atoms with van der Waals surface area (Å²) < 4.78 is 1.28. The van der Waals surface area contributed by atoms with Gasteiger partial charge < -0.3 is 15.5 Å². The zero-order valence-corrected chi connectivity index (χ0v) is 8.72. The Morgan fingerprint density at radius 3 is 2.67 bits per heavy atom. The van der Waals surface area contributed by atoms with Crippen molar-refractivity contribution in [1.29, 1.82) is 5.26 Å². The first-order valence-corrected chi connectivity index (χ1v) is 4.90. The molecule has 1 aromatic heterocycles. The zero-order chi connectivity index (χ0) is 10.8. The molecule has 0 amide bonds. The van der Waals surface area contributed by atoms with Crippen molar-refractivity contribution in [3.63, 3.8) is 0 Å². The van der Waals surface area contributed by atoms with Crippen LogP contribution in [0.5, 0.6) is 0 Å². The minimum Gasteiger partial charge on any atom is -0.382 e. The molecule has 0 aliphatic carbocycles. The van der Waals surface area contributed by atoms with Crippen LogP contribution >= 0.6 is 0 Å². The number of anilines is 2. The molecule has 2 heterocycles. The molecule has 0 saturated carbocycles. The molecule has 2 N–H and O–H groups in total. The number of likely N-dealkylation sites (N-methyl/N-ethyl adjacent to an activating group) is 1. The molecule has 0 bridgehead atoms. The van der Waals surface area contributed by atoms with Gasteiger partial charge in [-0.1, -0.05) is 0 Å². The van der Waals surface area contributed by atoms with Crippen molar-refractivity contribution >= 4 is 11.6 Å². The smallest absolute Gasteiger partial charge is 0.208 e. The molecule has 0 aromatic carbocycles. The van der Waals surface area contributed by atoms with Crippen LogP contribution in [0.4, 0.5) is 11.6 Å². The number of nitrogens with two attached hydrogens (primary N) is 1. The number of rotatable bonds is 1. The third-order valence-corrected chi connectivity index (χ3v) is 2.63. The van der Waals surface area contributed by atoms with E-state index in [1.165, 1.54) is 4.68 Å². The van der Waals surface area contributed by atoms with Crippen LogP contribution in [0.3, 0.4) is 0 Å². The lowest BCUT2D eigenvalue weighted by Gasteiger charge is -2.33. The van der Waals surface area contributed by atoms with E-state index in [1.807, 2.05) is 6.19 Å². The maximum Gasteiger partial charge on any atom is 0.208 e. The average Bonchev–Trinajstić information content (AvgIpc) is 2.61. The Balaban J connectivity index is 2.19. The number of nitriles is 1. The number of nitrogen functional groups attached to an aromatic ring is 1. The van der Waals surface area contributed by atoms with Crippen molar-refractivity contribution in [2.75, 3.05) is 43.9 Å². The Hall–Kier alpha value is -1.74. The molecule has 1 saturated heterocycles. The molecule has 0 spiro atoms. The largest absolute Gasteiger partial charge is 0.382 e.